The minimum Gasteiger partial charge on any atom is -0.311 e. The molecule has 0 spiro atoms. The third-order valence-corrected chi connectivity index (χ3v) is 5.01. The molecular weight excluding hydrogens is 263 g/mol. The Labute approximate surface area is 128 Å². The smallest absolute Gasteiger partial charge is 0.123 e. The summed E-state index contributed by atoms with van der Waals surface area (Å²) in [7, 11) is 0. The summed E-state index contributed by atoms with van der Waals surface area (Å²) in [6.07, 6.45) is 2.36. The Morgan fingerprint density at radius 1 is 1.38 bits per heavy atom. The average molecular weight is 292 g/mol. The fourth-order valence-corrected chi connectivity index (χ4v) is 3.24. The number of hydrogen-bond donors (Lipinski definition) is 1. The molecule has 1 aromatic carbocycles. The fraction of sp³-hybridized carbons (Fsp3) is 0.667. The van der Waals surface area contributed by atoms with Crippen LogP contribution in [-0.2, 0) is 6.54 Å². The number of benzene rings is 1. The van der Waals surface area contributed by atoms with Crippen LogP contribution >= 0.6 is 0 Å². The van der Waals surface area contributed by atoms with Crippen molar-refractivity contribution >= 4 is 0 Å². The van der Waals surface area contributed by atoms with Gasteiger partial charge in [0.05, 0.1) is 0 Å². The molecule has 2 nitrogen and oxygen atoms in total. The molecule has 1 fully saturated rings. The highest BCUT2D eigenvalue weighted by molar-refractivity contribution is 5.26. The zero-order valence-electron chi connectivity index (χ0n) is 13.8. The van der Waals surface area contributed by atoms with E-state index in [1.54, 1.807) is 12.1 Å². The van der Waals surface area contributed by atoms with Gasteiger partial charge in [0.25, 0.3) is 0 Å². The molecule has 0 aromatic heterocycles. The van der Waals surface area contributed by atoms with Crippen molar-refractivity contribution in [3.05, 3.63) is 35.1 Å². The number of piperazine rings is 1. The molecule has 1 saturated heterocycles. The molecule has 0 saturated carbocycles. The second-order valence-electron chi connectivity index (χ2n) is 6.47. The number of rotatable bonds is 5. The van der Waals surface area contributed by atoms with E-state index in [1.165, 1.54) is 12.0 Å². The second kappa shape index (κ2) is 7.37. The topological polar surface area (TPSA) is 15.3 Å². The van der Waals surface area contributed by atoms with Crippen LogP contribution in [0.4, 0.5) is 4.39 Å². The number of nitrogens with zero attached hydrogens (tertiary/aromatic N) is 1. The van der Waals surface area contributed by atoms with Crippen LogP contribution in [0.1, 0.15) is 44.7 Å². The standard InChI is InChI=1S/C18H29FN2/c1-5-13(3)18-10-20-17(6-2)12-21(18)11-15-7-8-16(19)9-14(15)4/h7-9,13,17-18,20H,5-6,10-12H2,1-4H3. The van der Waals surface area contributed by atoms with E-state index >= 15 is 0 Å². The molecule has 2 rings (SSSR count). The minimum atomic E-state index is -0.138. The molecule has 1 heterocycles. The van der Waals surface area contributed by atoms with Gasteiger partial charge in [-0.25, -0.2) is 4.39 Å². The van der Waals surface area contributed by atoms with Crippen molar-refractivity contribution in [2.75, 3.05) is 13.1 Å². The van der Waals surface area contributed by atoms with Gasteiger partial charge in [0.1, 0.15) is 5.82 Å². The minimum absolute atomic E-state index is 0.138. The van der Waals surface area contributed by atoms with E-state index in [2.05, 4.69) is 31.0 Å². The lowest BCUT2D eigenvalue weighted by molar-refractivity contribution is 0.0831. The van der Waals surface area contributed by atoms with Gasteiger partial charge in [-0.3, -0.25) is 4.90 Å². The molecule has 3 heteroatoms. The zero-order chi connectivity index (χ0) is 15.4. The molecule has 118 valence electrons. The van der Waals surface area contributed by atoms with E-state index in [1.807, 2.05) is 13.0 Å². The molecule has 1 aliphatic rings. The van der Waals surface area contributed by atoms with Gasteiger partial charge < -0.3 is 5.32 Å². The highest BCUT2D eigenvalue weighted by atomic mass is 19.1. The maximum absolute atomic E-state index is 13.3. The molecule has 21 heavy (non-hydrogen) atoms. The molecule has 0 amide bonds. The summed E-state index contributed by atoms with van der Waals surface area (Å²) in [5.41, 5.74) is 2.31. The summed E-state index contributed by atoms with van der Waals surface area (Å²) < 4.78 is 13.3. The van der Waals surface area contributed by atoms with Gasteiger partial charge in [-0.15, -0.1) is 0 Å². The Bertz CT molecular complexity index is 461. The van der Waals surface area contributed by atoms with Crippen LogP contribution in [0.25, 0.3) is 0 Å². The summed E-state index contributed by atoms with van der Waals surface area (Å²) in [6, 6.07) is 6.32. The van der Waals surface area contributed by atoms with Crippen LogP contribution in [0.5, 0.6) is 0 Å². The molecule has 1 N–H and O–H groups in total. The summed E-state index contributed by atoms with van der Waals surface area (Å²) in [6.45, 7) is 11.9. The number of nitrogens with one attached hydrogen (secondary N) is 1. The molecular formula is C18H29FN2. The molecule has 1 aliphatic heterocycles. The zero-order valence-corrected chi connectivity index (χ0v) is 13.8. The van der Waals surface area contributed by atoms with Crippen LogP contribution in [0.2, 0.25) is 0 Å². The lowest BCUT2D eigenvalue weighted by atomic mass is 9.93. The summed E-state index contributed by atoms with van der Waals surface area (Å²) >= 11 is 0. The fourth-order valence-electron chi connectivity index (χ4n) is 3.24. The normalized spacial score (nSPS) is 25.0. The monoisotopic (exact) mass is 292 g/mol. The predicted molar refractivity (Wildman–Crippen MR) is 86.9 cm³/mol. The van der Waals surface area contributed by atoms with Gasteiger partial charge in [-0.05, 0) is 42.5 Å². The number of halogens is 1. The lowest BCUT2D eigenvalue weighted by Gasteiger charge is -2.43. The van der Waals surface area contributed by atoms with Crippen molar-refractivity contribution in [2.24, 2.45) is 5.92 Å². The first kappa shape index (κ1) is 16.4. The van der Waals surface area contributed by atoms with Gasteiger partial charge in [-0.2, -0.15) is 0 Å². The molecule has 3 atom stereocenters. The molecule has 3 unspecified atom stereocenters. The first-order valence-electron chi connectivity index (χ1n) is 8.27. The second-order valence-corrected chi connectivity index (χ2v) is 6.47. The summed E-state index contributed by atoms with van der Waals surface area (Å²) in [4.78, 5) is 2.60. The summed E-state index contributed by atoms with van der Waals surface area (Å²) in [5, 5.41) is 3.67. The van der Waals surface area contributed by atoms with E-state index < -0.39 is 0 Å². The Morgan fingerprint density at radius 2 is 2.14 bits per heavy atom. The van der Waals surface area contributed by atoms with Gasteiger partial charge in [-0.1, -0.05) is 33.3 Å². The van der Waals surface area contributed by atoms with Gasteiger partial charge in [0, 0.05) is 31.7 Å². The molecule has 0 bridgehead atoms. The van der Waals surface area contributed by atoms with Crippen molar-refractivity contribution in [3.63, 3.8) is 0 Å². The van der Waals surface area contributed by atoms with Gasteiger partial charge >= 0.3 is 0 Å². The van der Waals surface area contributed by atoms with Gasteiger partial charge in [0.15, 0.2) is 0 Å². The van der Waals surface area contributed by atoms with E-state index in [4.69, 9.17) is 0 Å². The third-order valence-electron chi connectivity index (χ3n) is 5.01. The Balaban J connectivity index is 2.15. The molecule has 0 radical (unpaired) electrons. The predicted octanol–water partition coefficient (Wildman–Crippen LogP) is 3.73. The maximum atomic E-state index is 13.3. The van der Waals surface area contributed by atoms with E-state index in [0.717, 1.165) is 31.6 Å². The number of hydrogen-bond acceptors (Lipinski definition) is 2. The van der Waals surface area contributed by atoms with Crippen LogP contribution in [-0.4, -0.2) is 30.1 Å². The van der Waals surface area contributed by atoms with Gasteiger partial charge in [0.2, 0.25) is 0 Å². The Hall–Kier alpha value is -0.930. The van der Waals surface area contributed by atoms with Crippen LogP contribution < -0.4 is 5.32 Å². The van der Waals surface area contributed by atoms with Crippen molar-refractivity contribution in [1.82, 2.24) is 10.2 Å². The van der Waals surface area contributed by atoms with Crippen molar-refractivity contribution in [2.45, 2.75) is 59.2 Å². The highest BCUT2D eigenvalue weighted by Gasteiger charge is 2.30. The van der Waals surface area contributed by atoms with Crippen molar-refractivity contribution in [1.29, 1.82) is 0 Å². The van der Waals surface area contributed by atoms with Crippen LogP contribution in [0.3, 0.4) is 0 Å². The average Bonchev–Trinajstić information content (AvgIpc) is 2.49. The lowest BCUT2D eigenvalue weighted by Crippen LogP contribution is -2.57. The SMILES string of the molecule is CCC1CN(Cc2ccc(F)cc2C)C(C(C)CC)CN1. The Kier molecular flexibility index (Phi) is 5.77. The highest BCUT2D eigenvalue weighted by Crippen LogP contribution is 2.22. The number of aryl methyl sites for hydroxylation is 1. The Morgan fingerprint density at radius 3 is 2.76 bits per heavy atom. The first-order valence-corrected chi connectivity index (χ1v) is 8.27. The third kappa shape index (κ3) is 4.04. The first-order chi connectivity index (χ1) is 10.0. The summed E-state index contributed by atoms with van der Waals surface area (Å²) in [5.74, 6) is 0.539. The van der Waals surface area contributed by atoms with Crippen molar-refractivity contribution in [3.8, 4) is 0 Å². The molecule has 1 aromatic rings. The van der Waals surface area contributed by atoms with E-state index in [9.17, 15) is 4.39 Å². The maximum Gasteiger partial charge on any atom is 0.123 e. The van der Waals surface area contributed by atoms with Crippen LogP contribution in [0, 0.1) is 18.7 Å². The van der Waals surface area contributed by atoms with Crippen LogP contribution in [0.15, 0.2) is 18.2 Å². The van der Waals surface area contributed by atoms with E-state index in [0.29, 0.717) is 18.0 Å². The van der Waals surface area contributed by atoms with Crippen molar-refractivity contribution < 1.29 is 4.39 Å². The quantitative estimate of drug-likeness (QED) is 0.889. The molecule has 0 aliphatic carbocycles. The largest absolute Gasteiger partial charge is 0.311 e. The van der Waals surface area contributed by atoms with E-state index in [-0.39, 0.29) is 5.82 Å².